The molecule has 0 aliphatic heterocycles. The molecule has 0 atom stereocenters. The first-order valence-corrected chi connectivity index (χ1v) is 6.16. The van der Waals surface area contributed by atoms with E-state index >= 15 is 0 Å². The molecule has 2 aromatic rings. The van der Waals surface area contributed by atoms with Gasteiger partial charge in [0.15, 0.2) is 5.78 Å². The molecule has 2 heteroatoms. The fourth-order valence-electron chi connectivity index (χ4n) is 2.03. The predicted octanol–water partition coefficient (Wildman–Crippen LogP) is 4.07. The first-order chi connectivity index (χ1) is 8.59. The molecule has 0 aliphatic rings. The van der Waals surface area contributed by atoms with E-state index in [2.05, 4.69) is 24.9 Å². The fourth-order valence-corrected chi connectivity index (χ4v) is 2.03. The summed E-state index contributed by atoms with van der Waals surface area (Å²) in [6, 6.07) is 11.7. The summed E-state index contributed by atoms with van der Waals surface area (Å²) in [5, 5.41) is 0. The molecule has 0 radical (unpaired) electrons. The van der Waals surface area contributed by atoms with E-state index < -0.39 is 0 Å². The molecule has 0 saturated carbocycles. The minimum absolute atomic E-state index is 0.0897. The highest BCUT2D eigenvalue weighted by molar-refractivity contribution is 5.95. The number of carbonyl (C=O) groups is 1. The van der Waals surface area contributed by atoms with Crippen molar-refractivity contribution in [3.63, 3.8) is 0 Å². The zero-order chi connectivity index (χ0) is 13.1. The number of hydrogen-bond donors (Lipinski definition) is 0. The third kappa shape index (κ3) is 2.48. The van der Waals surface area contributed by atoms with Crippen LogP contribution in [0.3, 0.4) is 0 Å². The monoisotopic (exact) mass is 239 g/mol. The van der Waals surface area contributed by atoms with Gasteiger partial charge in [0, 0.05) is 17.3 Å². The van der Waals surface area contributed by atoms with Crippen molar-refractivity contribution < 1.29 is 4.79 Å². The zero-order valence-electron chi connectivity index (χ0n) is 11.0. The van der Waals surface area contributed by atoms with Crippen LogP contribution >= 0.6 is 0 Å². The van der Waals surface area contributed by atoms with Crippen LogP contribution in [0.25, 0.3) is 11.1 Å². The molecule has 0 spiro atoms. The molecule has 0 amide bonds. The number of hydrogen-bond acceptors (Lipinski definition) is 2. The van der Waals surface area contributed by atoms with Crippen LogP contribution in [0.15, 0.2) is 42.6 Å². The van der Waals surface area contributed by atoms with Crippen LogP contribution in [0.2, 0.25) is 0 Å². The minimum Gasteiger partial charge on any atom is -0.295 e. The molecule has 2 rings (SSSR count). The zero-order valence-corrected chi connectivity index (χ0v) is 11.0. The number of aromatic nitrogens is 1. The normalized spacial score (nSPS) is 10.7. The summed E-state index contributed by atoms with van der Waals surface area (Å²) in [6.07, 6.45) is 1.81. The Hall–Kier alpha value is -1.96. The number of rotatable bonds is 3. The SMILES string of the molecule is CC(=O)c1cccc(-c2cccnc2C(C)C)c1. The molecule has 0 unspecified atom stereocenters. The Labute approximate surface area is 108 Å². The summed E-state index contributed by atoms with van der Waals surface area (Å²) in [5.74, 6) is 0.453. The molecular formula is C16H17NO. The van der Waals surface area contributed by atoms with Gasteiger partial charge in [0.05, 0.1) is 5.69 Å². The third-order valence-electron chi connectivity index (χ3n) is 2.97. The topological polar surface area (TPSA) is 30.0 Å². The second-order valence-corrected chi connectivity index (χ2v) is 4.73. The van der Waals surface area contributed by atoms with Crippen molar-refractivity contribution in [3.8, 4) is 11.1 Å². The Morgan fingerprint density at radius 2 is 1.94 bits per heavy atom. The Morgan fingerprint density at radius 3 is 2.61 bits per heavy atom. The van der Waals surface area contributed by atoms with Gasteiger partial charge in [-0.05, 0) is 30.5 Å². The first-order valence-electron chi connectivity index (χ1n) is 6.16. The maximum Gasteiger partial charge on any atom is 0.159 e. The van der Waals surface area contributed by atoms with Crippen LogP contribution in [0.1, 0.15) is 42.7 Å². The second kappa shape index (κ2) is 5.13. The van der Waals surface area contributed by atoms with Crippen LogP contribution in [0.4, 0.5) is 0 Å². The van der Waals surface area contributed by atoms with Crippen molar-refractivity contribution in [2.24, 2.45) is 0 Å². The van der Waals surface area contributed by atoms with Gasteiger partial charge in [-0.2, -0.15) is 0 Å². The standard InChI is InChI=1S/C16H17NO/c1-11(2)16-15(8-5-9-17-16)14-7-4-6-13(10-14)12(3)18/h4-11H,1-3H3. The van der Waals surface area contributed by atoms with Crippen molar-refractivity contribution in [2.45, 2.75) is 26.7 Å². The largest absolute Gasteiger partial charge is 0.295 e. The molecular weight excluding hydrogens is 222 g/mol. The molecule has 0 N–H and O–H groups in total. The van der Waals surface area contributed by atoms with Crippen molar-refractivity contribution in [1.29, 1.82) is 0 Å². The summed E-state index contributed by atoms with van der Waals surface area (Å²) in [4.78, 5) is 15.9. The molecule has 1 aromatic carbocycles. The van der Waals surface area contributed by atoms with Gasteiger partial charge >= 0.3 is 0 Å². The van der Waals surface area contributed by atoms with Gasteiger partial charge in [-0.3, -0.25) is 9.78 Å². The van der Waals surface area contributed by atoms with E-state index in [4.69, 9.17) is 0 Å². The van der Waals surface area contributed by atoms with Gasteiger partial charge in [0.1, 0.15) is 0 Å². The van der Waals surface area contributed by atoms with Crippen LogP contribution in [-0.4, -0.2) is 10.8 Å². The highest BCUT2D eigenvalue weighted by Crippen LogP contribution is 2.27. The van der Waals surface area contributed by atoms with Gasteiger partial charge < -0.3 is 0 Å². The van der Waals surface area contributed by atoms with Crippen molar-refractivity contribution in [1.82, 2.24) is 4.98 Å². The highest BCUT2D eigenvalue weighted by Gasteiger charge is 2.10. The molecule has 0 saturated heterocycles. The van der Waals surface area contributed by atoms with Crippen LogP contribution < -0.4 is 0 Å². The summed E-state index contributed by atoms with van der Waals surface area (Å²) >= 11 is 0. The molecule has 2 nitrogen and oxygen atoms in total. The lowest BCUT2D eigenvalue weighted by molar-refractivity contribution is 0.101. The van der Waals surface area contributed by atoms with Gasteiger partial charge in [-0.1, -0.05) is 38.1 Å². The molecule has 1 aromatic heterocycles. The Kier molecular flexibility index (Phi) is 3.56. The van der Waals surface area contributed by atoms with Crippen molar-refractivity contribution in [3.05, 3.63) is 53.9 Å². The molecule has 0 bridgehead atoms. The van der Waals surface area contributed by atoms with E-state index in [1.807, 2.05) is 36.5 Å². The number of nitrogens with zero attached hydrogens (tertiary/aromatic N) is 1. The van der Waals surface area contributed by atoms with Gasteiger partial charge in [0.2, 0.25) is 0 Å². The van der Waals surface area contributed by atoms with Crippen LogP contribution in [-0.2, 0) is 0 Å². The van der Waals surface area contributed by atoms with Gasteiger partial charge in [-0.15, -0.1) is 0 Å². The van der Waals surface area contributed by atoms with Gasteiger partial charge in [-0.25, -0.2) is 0 Å². The molecule has 92 valence electrons. The van der Waals surface area contributed by atoms with Crippen molar-refractivity contribution in [2.75, 3.05) is 0 Å². The maximum absolute atomic E-state index is 11.4. The number of ketones is 1. The van der Waals surface area contributed by atoms with E-state index in [0.29, 0.717) is 5.92 Å². The molecule has 0 aliphatic carbocycles. The van der Waals surface area contributed by atoms with E-state index in [-0.39, 0.29) is 5.78 Å². The number of benzene rings is 1. The lowest BCUT2D eigenvalue weighted by Crippen LogP contribution is -1.97. The Bertz CT molecular complexity index is 573. The summed E-state index contributed by atoms with van der Waals surface area (Å²) in [7, 11) is 0. The predicted molar refractivity (Wildman–Crippen MR) is 73.8 cm³/mol. The quantitative estimate of drug-likeness (QED) is 0.755. The van der Waals surface area contributed by atoms with Gasteiger partial charge in [0.25, 0.3) is 0 Å². The average Bonchev–Trinajstić information content (AvgIpc) is 2.39. The van der Waals surface area contributed by atoms with E-state index in [1.165, 1.54) is 0 Å². The van der Waals surface area contributed by atoms with E-state index in [0.717, 1.165) is 22.4 Å². The summed E-state index contributed by atoms with van der Waals surface area (Å²) in [5.41, 5.74) is 3.97. The molecule has 0 fully saturated rings. The second-order valence-electron chi connectivity index (χ2n) is 4.73. The number of carbonyl (C=O) groups excluding carboxylic acids is 1. The Balaban J connectivity index is 2.55. The number of pyridine rings is 1. The lowest BCUT2D eigenvalue weighted by atomic mass is 9.96. The minimum atomic E-state index is 0.0897. The first kappa shape index (κ1) is 12.5. The molecule has 18 heavy (non-hydrogen) atoms. The van der Waals surface area contributed by atoms with Crippen LogP contribution in [0.5, 0.6) is 0 Å². The van der Waals surface area contributed by atoms with Crippen LogP contribution in [0, 0.1) is 0 Å². The summed E-state index contributed by atoms with van der Waals surface area (Å²) in [6.45, 7) is 5.84. The smallest absolute Gasteiger partial charge is 0.159 e. The van der Waals surface area contributed by atoms with Crippen molar-refractivity contribution >= 4 is 5.78 Å². The van der Waals surface area contributed by atoms with E-state index in [9.17, 15) is 4.79 Å². The lowest BCUT2D eigenvalue weighted by Gasteiger charge is -2.11. The molecule has 1 heterocycles. The Morgan fingerprint density at radius 1 is 1.17 bits per heavy atom. The summed E-state index contributed by atoms with van der Waals surface area (Å²) < 4.78 is 0. The maximum atomic E-state index is 11.4. The highest BCUT2D eigenvalue weighted by atomic mass is 16.1. The van der Waals surface area contributed by atoms with E-state index in [1.54, 1.807) is 6.92 Å². The average molecular weight is 239 g/mol. The fraction of sp³-hybridized carbons (Fsp3) is 0.250. The number of Topliss-reactive ketones (excluding diaryl/α,β-unsaturated/α-hetero) is 1. The third-order valence-corrected chi connectivity index (χ3v) is 2.97.